The van der Waals surface area contributed by atoms with Gasteiger partial charge in [0.2, 0.25) is 0 Å². The van der Waals surface area contributed by atoms with E-state index in [1.807, 2.05) is 13.0 Å². The number of hydrogen-bond acceptors (Lipinski definition) is 4. The van der Waals surface area contributed by atoms with Crippen LogP contribution in [-0.4, -0.2) is 30.0 Å². The molecule has 2 rings (SSSR count). The van der Waals surface area contributed by atoms with Gasteiger partial charge in [-0.05, 0) is 57.5 Å². The van der Waals surface area contributed by atoms with Crippen LogP contribution >= 0.6 is 0 Å². The average Bonchev–Trinajstić information content (AvgIpc) is 2.33. The van der Waals surface area contributed by atoms with E-state index in [1.54, 1.807) is 0 Å². The molecule has 0 atom stereocenters. The highest BCUT2D eigenvalue weighted by Gasteiger charge is 2.26. The molecule has 0 bridgehead atoms. The molecule has 0 spiro atoms. The molecule has 1 saturated heterocycles. The Kier molecular flexibility index (Phi) is 3.52. The number of nitro benzene ring substituents is 1. The molecule has 5 heteroatoms. The predicted octanol–water partition coefficient (Wildman–Crippen LogP) is 2.29. The van der Waals surface area contributed by atoms with Gasteiger partial charge in [0.15, 0.2) is 0 Å². The van der Waals surface area contributed by atoms with Crippen molar-refractivity contribution in [1.29, 1.82) is 0 Å². The van der Waals surface area contributed by atoms with E-state index in [9.17, 15) is 10.1 Å². The van der Waals surface area contributed by atoms with Crippen LogP contribution in [0.4, 0.5) is 11.4 Å². The highest BCUT2D eigenvalue weighted by atomic mass is 16.6. The van der Waals surface area contributed by atoms with Crippen molar-refractivity contribution >= 4 is 11.4 Å². The number of nitrogen functional groups attached to an aromatic ring is 1. The Morgan fingerprint density at radius 2 is 2.00 bits per heavy atom. The maximum atomic E-state index is 11.1. The highest BCUT2D eigenvalue weighted by molar-refractivity contribution is 5.58. The number of nitrogens with two attached hydrogens (primary N) is 1. The number of benzene rings is 1. The lowest BCUT2D eigenvalue weighted by Crippen LogP contribution is -2.29. The first-order valence-corrected chi connectivity index (χ1v) is 6.22. The van der Waals surface area contributed by atoms with Crippen molar-refractivity contribution in [2.24, 2.45) is 0 Å². The summed E-state index contributed by atoms with van der Waals surface area (Å²) in [6.07, 6.45) is 1.95. The van der Waals surface area contributed by atoms with E-state index in [1.165, 1.54) is 6.07 Å². The third-order valence-corrected chi connectivity index (χ3v) is 3.77. The molecule has 0 radical (unpaired) electrons. The molecule has 2 N–H and O–H groups in total. The standard InChI is InChI=1S/C13H19N3O2/c1-9-7-11(10-3-5-15(2)6-4-10)13(16(17)18)8-12(9)14/h7-8,10H,3-6,14H2,1-2H3. The van der Waals surface area contributed by atoms with Gasteiger partial charge in [-0.15, -0.1) is 0 Å². The van der Waals surface area contributed by atoms with E-state index in [4.69, 9.17) is 5.73 Å². The fourth-order valence-electron chi connectivity index (χ4n) is 2.54. The van der Waals surface area contributed by atoms with Gasteiger partial charge in [0, 0.05) is 17.3 Å². The maximum absolute atomic E-state index is 11.1. The third kappa shape index (κ3) is 2.46. The molecule has 0 saturated carbocycles. The molecule has 0 unspecified atom stereocenters. The van der Waals surface area contributed by atoms with E-state index in [0.29, 0.717) is 5.69 Å². The highest BCUT2D eigenvalue weighted by Crippen LogP contribution is 2.36. The van der Waals surface area contributed by atoms with Gasteiger partial charge in [-0.2, -0.15) is 0 Å². The zero-order valence-electron chi connectivity index (χ0n) is 10.8. The minimum Gasteiger partial charge on any atom is -0.398 e. The van der Waals surface area contributed by atoms with Gasteiger partial charge in [0.05, 0.1) is 4.92 Å². The molecule has 1 aliphatic rings. The molecule has 0 amide bonds. The van der Waals surface area contributed by atoms with Gasteiger partial charge in [0.1, 0.15) is 0 Å². The van der Waals surface area contributed by atoms with Crippen molar-refractivity contribution in [1.82, 2.24) is 4.90 Å². The van der Waals surface area contributed by atoms with E-state index >= 15 is 0 Å². The summed E-state index contributed by atoms with van der Waals surface area (Å²) < 4.78 is 0. The van der Waals surface area contributed by atoms with Crippen molar-refractivity contribution in [2.75, 3.05) is 25.9 Å². The smallest absolute Gasteiger partial charge is 0.274 e. The SMILES string of the molecule is Cc1cc(C2CCN(C)CC2)c([N+](=O)[O-])cc1N. The van der Waals surface area contributed by atoms with Crippen LogP contribution in [0.2, 0.25) is 0 Å². The largest absolute Gasteiger partial charge is 0.398 e. The molecule has 1 fully saturated rings. The molecule has 1 heterocycles. The summed E-state index contributed by atoms with van der Waals surface area (Å²) in [5.74, 6) is 0.279. The fourth-order valence-corrected chi connectivity index (χ4v) is 2.54. The topological polar surface area (TPSA) is 72.4 Å². The summed E-state index contributed by atoms with van der Waals surface area (Å²) >= 11 is 0. The molecule has 1 aromatic rings. The Morgan fingerprint density at radius 3 is 2.56 bits per heavy atom. The van der Waals surface area contributed by atoms with Crippen LogP contribution in [0, 0.1) is 17.0 Å². The molecular formula is C13H19N3O2. The quantitative estimate of drug-likeness (QED) is 0.496. The van der Waals surface area contributed by atoms with E-state index in [-0.39, 0.29) is 16.5 Å². The minimum atomic E-state index is -0.316. The van der Waals surface area contributed by atoms with Crippen molar-refractivity contribution in [3.05, 3.63) is 33.4 Å². The molecular weight excluding hydrogens is 230 g/mol. The zero-order valence-corrected chi connectivity index (χ0v) is 10.8. The summed E-state index contributed by atoms with van der Waals surface area (Å²) in [7, 11) is 2.08. The van der Waals surface area contributed by atoms with Crippen molar-refractivity contribution in [3.63, 3.8) is 0 Å². The number of likely N-dealkylation sites (tertiary alicyclic amines) is 1. The molecule has 5 nitrogen and oxygen atoms in total. The molecule has 0 aromatic heterocycles. The number of rotatable bonds is 2. The Labute approximate surface area is 107 Å². The van der Waals surface area contributed by atoms with Crippen LogP contribution in [0.1, 0.15) is 29.9 Å². The Bertz CT molecular complexity index is 466. The second-order valence-electron chi connectivity index (χ2n) is 5.10. The summed E-state index contributed by atoms with van der Waals surface area (Å²) in [5, 5.41) is 11.1. The number of hydrogen-bond donors (Lipinski definition) is 1. The number of aryl methyl sites for hydroxylation is 1. The first-order valence-electron chi connectivity index (χ1n) is 6.22. The molecule has 0 aliphatic carbocycles. The Morgan fingerprint density at radius 1 is 1.39 bits per heavy atom. The molecule has 18 heavy (non-hydrogen) atoms. The summed E-state index contributed by atoms with van der Waals surface area (Å²) in [4.78, 5) is 13.1. The molecule has 1 aliphatic heterocycles. The summed E-state index contributed by atoms with van der Waals surface area (Å²) in [5.41, 5.74) is 8.21. The van der Waals surface area contributed by atoms with Gasteiger partial charge >= 0.3 is 0 Å². The van der Waals surface area contributed by atoms with Gasteiger partial charge < -0.3 is 10.6 Å². The second-order valence-corrected chi connectivity index (χ2v) is 5.10. The summed E-state index contributed by atoms with van der Waals surface area (Å²) in [6, 6.07) is 3.40. The van der Waals surface area contributed by atoms with E-state index < -0.39 is 0 Å². The molecule has 1 aromatic carbocycles. The van der Waals surface area contributed by atoms with Crippen molar-refractivity contribution in [2.45, 2.75) is 25.7 Å². The summed E-state index contributed by atoms with van der Waals surface area (Å²) in [6.45, 7) is 3.88. The van der Waals surface area contributed by atoms with Gasteiger partial charge in [-0.25, -0.2) is 0 Å². The van der Waals surface area contributed by atoms with Crippen LogP contribution < -0.4 is 5.73 Å². The van der Waals surface area contributed by atoms with Crippen molar-refractivity contribution in [3.8, 4) is 0 Å². The van der Waals surface area contributed by atoms with E-state index in [0.717, 1.165) is 37.1 Å². The van der Waals surface area contributed by atoms with Crippen molar-refractivity contribution < 1.29 is 4.92 Å². The number of piperidine rings is 1. The third-order valence-electron chi connectivity index (χ3n) is 3.77. The van der Waals surface area contributed by atoms with Gasteiger partial charge in [0.25, 0.3) is 5.69 Å². The Balaban J connectivity index is 2.36. The lowest BCUT2D eigenvalue weighted by atomic mass is 9.87. The first-order chi connectivity index (χ1) is 8.49. The van der Waals surface area contributed by atoms with Crippen LogP contribution in [0.3, 0.4) is 0 Å². The number of nitrogens with zero attached hydrogens (tertiary/aromatic N) is 2. The maximum Gasteiger partial charge on any atom is 0.274 e. The normalized spacial score (nSPS) is 17.9. The van der Waals surface area contributed by atoms with Crippen LogP contribution in [0.15, 0.2) is 12.1 Å². The lowest BCUT2D eigenvalue weighted by molar-refractivity contribution is -0.385. The lowest BCUT2D eigenvalue weighted by Gasteiger charge is -2.29. The van der Waals surface area contributed by atoms with Crippen LogP contribution in [-0.2, 0) is 0 Å². The number of nitro groups is 1. The van der Waals surface area contributed by atoms with E-state index in [2.05, 4.69) is 11.9 Å². The average molecular weight is 249 g/mol. The fraction of sp³-hybridized carbons (Fsp3) is 0.538. The first kappa shape index (κ1) is 12.8. The minimum absolute atomic E-state index is 0.174. The number of anilines is 1. The van der Waals surface area contributed by atoms with Gasteiger partial charge in [-0.3, -0.25) is 10.1 Å². The second kappa shape index (κ2) is 4.94. The zero-order chi connectivity index (χ0) is 13.3. The van der Waals surface area contributed by atoms with Gasteiger partial charge in [-0.1, -0.05) is 0 Å². The van der Waals surface area contributed by atoms with Crippen LogP contribution in [0.5, 0.6) is 0 Å². The monoisotopic (exact) mass is 249 g/mol. The molecule has 98 valence electrons. The predicted molar refractivity (Wildman–Crippen MR) is 71.7 cm³/mol. The van der Waals surface area contributed by atoms with Crippen LogP contribution in [0.25, 0.3) is 0 Å². The Hall–Kier alpha value is -1.62.